The van der Waals surface area contributed by atoms with Crippen molar-refractivity contribution in [2.45, 2.75) is 12.5 Å². The second-order valence-corrected chi connectivity index (χ2v) is 6.77. The monoisotopic (exact) mass is 381 g/mol. The van der Waals surface area contributed by atoms with Crippen molar-refractivity contribution in [2.75, 3.05) is 20.2 Å². The molecule has 4 rings (SSSR count). The molecule has 0 fully saturated rings. The van der Waals surface area contributed by atoms with Crippen molar-refractivity contribution in [3.63, 3.8) is 0 Å². The lowest BCUT2D eigenvalue weighted by molar-refractivity contribution is -0.125. The van der Waals surface area contributed by atoms with E-state index >= 15 is 0 Å². The lowest BCUT2D eigenvalue weighted by Gasteiger charge is -2.25. The van der Waals surface area contributed by atoms with E-state index in [1.165, 1.54) is 12.1 Å². The van der Waals surface area contributed by atoms with E-state index in [0.29, 0.717) is 36.3 Å². The summed E-state index contributed by atoms with van der Waals surface area (Å²) in [7, 11) is 1.62. The molecule has 144 valence electrons. The van der Waals surface area contributed by atoms with Gasteiger partial charge in [-0.3, -0.25) is 4.79 Å². The van der Waals surface area contributed by atoms with Crippen LogP contribution in [0.2, 0.25) is 0 Å². The minimum atomic E-state index is -0.664. The molecule has 7 heteroatoms. The van der Waals surface area contributed by atoms with Crippen molar-refractivity contribution < 1.29 is 18.7 Å². The Morgan fingerprint density at radius 2 is 2.00 bits per heavy atom. The Labute approximate surface area is 162 Å². The maximum absolute atomic E-state index is 13.7. The highest BCUT2D eigenvalue weighted by Crippen LogP contribution is 2.33. The first kappa shape index (κ1) is 18.0. The molecule has 0 aliphatic carbocycles. The largest absolute Gasteiger partial charge is 0.496 e. The summed E-state index contributed by atoms with van der Waals surface area (Å²) in [5.74, 6) is 0.206. The lowest BCUT2D eigenvalue weighted by Crippen LogP contribution is -2.44. The average Bonchev–Trinajstić information content (AvgIpc) is 3.01. The summed E-state index contributed by atoms with van der Waals surface area (Å²) >= 11 is 0. The highest BCUT2D eigenvalue weighted by molar-refractivity contribution is 6.01. The first-order chi connectivity index (χ1) is 13.6. The number of carbonyl (C=O) groups is 2. The Bertz CT molecular complexity index is 973. The van der Waals surface area contributed by atoms with Gasteiger partial charge in [-0.25, -0.2) is 9.18 Å². The van der Waals surface area contributed by atoms with Crippen LogP contribution in [0.25, 0.3) is 0 Å². The van der Waals surface area contributed by atoms with Crippen LogP contribution in [0.4, 0.5) is 9.18 Å². The predicted molar refractivity (Wildman–Crippen MR) is 101 cm³/mol. The molecule has 28 heavy (non-hydrogen) atoms. The van der Waals surface area contributed by atoms with Crippen molar-refractivity contribution >= 4 is 11.9 Å². The van der Waals surface area contributed by atoms with Gasteiger partial charge in [0.15, 0.2) is 0 Å². The molecule has 2 aliphatic heterocycles. The van der Waals surface area contributed by atoms with Gasteiger partial charge in [0.2, 0.25) is 0 Å². The Morgan fingerprint density at radius 3 is 2.79 bits per heavy atom. The first-order valence-electron chi connectivity index (χ1n) is 9.04. The second kappa shape index (κ2) is 7.34. The predicted octanol–water partition coefficient (Wildman–Crippen LogP) is 2.53. The van der Waals surface area contributed by atoms with E-state index < -0.39 is 17.9 Å². The second-order valence-electron chi connectivity index (χ2n) is 6.77. The van der Waals surface area contributed by atoms with E-state index in [-0.39, 0.29) is 5.91 Å². The quantitative estimate of drug-likeness (QED) is 0.836. The van der Waals surface area contributed by atoms with Crippen molar-refractivity contribution in [1.82, 2.24) is 15.5 Å². The van der Waals surface area contributed by atoms with Gasteiger partial charge in [0.1, 0.15) is 11.6 Å². The molecule has 3 amide bonds. The molecule has 0 radical (unpaired) electrons. The fraction of sp³-hybridized carbons (Fsp3) is 0.238. The van der Waals surface area contributed by atoms with Gasteiger partial charge in [-0.15, -0.1) is 0 Å². The van der Waals surface area contributed by atoms with E-state index in [1.807, 2.05) is 24.3 Å². The number of para-hydroxylation sites is 1. The maximum atomic E-state index is 13.7. The van der Waals surface area contributed by atoms with Gasteiger partial charge in [0, 0.05) is 6.54 Å². The molecule has 2 aromatic rings. The maximum Gasteiger partial charge on any atom is 0.319 e. The normalized spacial score (nSPS) is 18.6. The van der Waals surface area contributed by atoms with Gasteiger partial charge < -0.3 is 20.3 Å². The van der Waals surface area contributed by atoms with E-state index in [1.54, 1.807) is 24.1 Å². The van der Waals surface area contributed by atoms with Crippen LogP contribution in [0, 0.1) is 5.82 Å². The zero-order chi connectivity index (χ0) is 19.7. The number of nitrogens with zero attached hydrogens (tertiary/aromatic N) is 1. The van der Waals surface area contributed by atoms with Gasteiger partial charge in [-0.1, -0.05) is 30.3 Å². The Morgan fingerprint density at radius 1 is 1.18 bits per heavy atom. The van der Waals surface area contributed by atoms with Crippen molar-refractivity contribution in [1.29, 1.82) is 0 Å². The zero-order valence-corrected chi connectivity index (χ0v) is 15.4. The minimum absolute atomic E-state index is 0.161. The van der Waals surface area contributed by atoms with Crippen LogP contribution in [-0.4, -0.2) is 37.0 Å². The van der Waals surface area contributed by atoms with Gasteiger partial charge in [-0.05, 0) is 35.7 Å². The minimum Gasteiger partial charge on any atom is -0.496 e. The number of benzene rings is 2. The molecule has 0 unspecified atom stereocenters. The van der Waals surface area contributed by atoms with Crippen molar-refractivity contribution in [3.8, 4) is 5.75 Å². The van der Waals surface area contributed by atoms with E-state index in [2.05, 4.69) is 10.6 Å². The van der Waals surface area contributed by atoms with Crippen LogP contribution in [0.15, 0.2) is 59.8 Å². The van der Waals surface area contributed by atoms with Crippen LogP contribution in [0.3, 0.4) is 0 Å². The summed E-state index contributed by atoms with van der Waals surface area (Å²) in [6.07, 6.45) is 0.627. The Hall–Kier alpha value is -3.35. The fourth-order valence-electron chi connectivity index (χ4n) is 3.71. The van der Waals surface area contributed by atoms with Crippen LogP contribution in [-0.2, 0) is 11.2 Å². The molecule has 1 atom stereocenters. The number of hydrogen-bond donors (Lipinski definition) is 2. The number of amides is 3. The molecule has 0 bridgehead atoms. The van der Waals surface area contributed by atoms with Crippen LogP contribution in [0.1, 0.15) is 17.2 Å². The summed E-state index contributed by atoms with van der Waals surface area (Å²) in [6, 6.07) is 12.6. The number of hydrogen-bond acceptors (Lipinski definition) is 3. The molecule has 2 aromatic carbocycles. The Balaban J connectivity index is 1.55. The van der Waals surface area contributed by atoms with Crippen LogP contribution >= 0.6 is 0 Å². The zero-order valence-electron chi connectivity index (χ0n) is 15.4. The van der Waals surface area contributed by atoms with Crippen LogP contribution < -0.4 is 15.4 Å². The third kappa shape index (κ3) is 3.31. The number of nitrogens with one attached hydrogen (secondary N) is 2. The molecular weight excluding hydrogens is 361 g/mol. The molecule has 2 N–H and O–H groups in total. The summed E-state index contributed by atoms with van der Waals surface area (Å²) in [5.41, 5.74) is 2.59. The first-order valence-corrected chi connectivity index (χ1v) is 9.04. The molecule has 0 aromatic heterocycles. The number of carbonyl (C=O) groups excluding carboxylic acids is 2. The molecule has 0 spiro atoms. The number of urea groups is 1. The standard InChI is InChI=1S/C21H20FN3O3/c1-28-17-8-3-2-5-13(17)9-10-25-12-16-18(20(25)26)19(24-21(27)23-16)14-6-4-7-15(22)11-14/h2-8,11,19H,9-10,12H2,1H3,(H2,23,24,27)/t19-/m0/s1. The number of methoxy groups -OCH3 is 1. The van der Waals surface area contributed by atoms with Gasteiger partial charge in [0.25, 0.3) is 5.91 Å². The Kier molecular flexibility index (Phi) is 4.73. The summed E-state index contributed by atoms with van der Waals surface area (Å²) in [6.45, 7) is 0.806. The van der Waals surface area contributed by atoms with E-state index in [0.717, 1.165) is 11.3 Å². The average molecular weight is 381 g/mol. The van der Waals surface area contributed by atoms with Crippen molar-refractivity contribution in [3.05, 3.63) is 76.7 Å². The SMILES string of the molecule is COc1ccccc1CCN1CC2=C(C1=O)[C@H](c1cccc(F)c1)NC(=O)N2. The van der Waals surface area contributed by atoms with E-state index in [9.17, 15) is 14.0 Å². The number of rotatable bonds is 5. The topological polar surface area (TPSA) is 70.7 Å². The third-order valence-electron chi connectivity index (χ3n) is 5.05. The lowest BCUT2D eigenvalue weighted by atomic mass is 9.96. The fourth-order valence-corrected chi connectivity index (χ4v) is 3.71. The molecule has 6 nitrogen and oxygen atoms in total. The van der Waals surface area contributed by atoms with Crippen molar-refractivity contribution in [2.24, 2.45) is 0 Å². The smallest absolute Gasteiger partial charge is 0.319 e. The molecule has 2 aliphatic rings. The van der Waals surface area contributed by atoms with Gasteiger partial charge >= 0.3 is 6.03 Å². The molecular formula is C21H20FN3O3. The molecule has 0 saturated carbocycles. The summed E-state index contributed by atoms with van der Waals surface area (Å²) in [4.78, 5) is 26.8. The number of halogens is 1. The van der Waals surface area contributed by atoms with E-state index in [4.69, 9.17) is 4.74 Å². The summed E-state index contributed by atoms with van der Waals surface area (Å²) in [5, 5.41) is 5.45. The highest BCUT2D eigenvalue weighted by atomic mass is 19.1. The molecule has 2 heterocycles. The van der Waals surface area contributed by atoms with Gasteiger partial charge in [0.05, 0.1) is 31.0 Å². The molecule has 0 saturated heterocycles. The summed E-state index contributed by atoms with van der Waals surface area (Å²) < 4.78 is 19.0. The highest BCUT2D eigenvalue weighted by Gasteiger charge is 2.40. The number of ether oxygens (including phenoxy) is 1. The van der Waals surface area contributed by atoms with Crippen LogP contribution in [0.5, 0.6) is 5.75 Å². The third-order valence-corrected chi connectivity index (χ3v) is 5.05. The van der Waals surface area contributed by atoms with Gasteiger partial charge in [-0.2, -0.15) is 0 Å².